The van der Waals surface area contributed by atoms with Gasteiger partial charge in [0.2, 0.25) is 0 Å². The molecule has 0 radical (unpaired) electrons. The number of rotatable bonds is 5. The summed E-state index contributed by atoms with van der Waals surface area (Å²) in [5.74, 6) is 0.537. The van der Waals surface area contributed by atoms with Crippen LogP contribution < -0.4 is 0 Å². The molecule has 0 bridgehead atoms. The third-order valence-corrected chi connectivity index (χ3v) is 1.94. The van der Waals surface area contributed by atoms with E-state index in [0.717, 1.165) is 13.0 Å². The van der Waals surface area contributed by atoms with Gasteiger partial charge in [0.25, 0.3) is 0 Å². The topological polar surface area (TPSA) is 18.5 Å². The molecule has 0 heterocycles. The monoisotopic (exact) mass is 146 g/mol. The Bertz CT molecular complexity index is 73.7. The smallest absolute Gasteiger partial charge is 0.0593 e. The lowest BCUT2D eigenvalue weighted by Gasteiger charge is -2.19. The highest BCUT2D eigenvalue weighted by Crippen LogP contribution is 2.10. The van der Waals surface area contributed by atoms with Gasteiger partial charge < -0.3 is 9.47 Å². The van der Waals surface area contributed by atoms with Crippen LogP contribution in [0.3, 0.4) is 0 Å². The summed E-state index contributed by atoms with van der Waals surface area (Å²) in [7, 11) is 3.47. The van der Waals surface area contributed by atoms with Gasteiger partial charge in [-0.05, 0) is 13.3 Å². The molecule has 10 heavy (non-hydrogen) atoms. The first kappa shape index (κ1) is 9.92. The SMILES string of the molecule is CCC(COC)C(C)OC. The van der Waals surface area contributed by atoms with Crippen LogP contribution in [0, 0.1) is 5.92 Å². The fraction of sp³-hybridized carbons (Fsp3) is 1.00. The van der Waals surface area contributed by atoms with E-state index in [1.54, 1.807) is 14.2 Å². The molecule has 0 aliphatic heterocycles. The van der Waals surface area contributed by atoms with Crippen molar-refractivity contribution in [3.8, 4) is 0 Å². The molecule has 0 aliphatic rings. The molecule has 2 nitrogen and oxygen atoms in total. The lowest BCUT2D eigenvalue weighted by Crippen LogP contribution is -2.22. The van der Waals surface area contributed by atoms with Crippen molar-refractivity contribution in [2.45, 2.75) is 26.4 Å². The van der Waals surface area contributed by atoms with Crippen molar-refractivity contribution in [2.75, 3.05) is 20.8 Å². The molecular weight excluding hydrogens is 128 g/mol. The lowest BCUT2D eigenvalue weighted by atomic mass is 10.0. The Hall–Kier alpha value is -0.0800. The van der Waals surface area contributed by atoms with Gasteiger partial charge in [-0.25, -0.2) is 0 Å². The zero-order valence-corrected chi connectivity index (χ0v) is 7.39. The highest BCUT2D eigenvalue weighted by Gasteiger charge is 2.13. The summed E-state index contributed by atoms with van der Waals surface area (Å²) in [4.78, 5) is 0. The number of ether oxygens (including phenoxy) is 2. The summed E-state index contributed by atoms with van der Waals surface area (Å²) in [5.41, 5.74) is 0. The molecule has 0 saturated heterocycles. The van der Waals surface area contributed by atoms with Crippen molar-refractivity contribution in [1.82, 2.24) is 0 Å². The lowest BCUT2D eigenvalue weighted by molar-refractivity contribution is 0.0242. The number of hydrogen-bond acceptors (Lipinski definition) is 2. The minimum Gasteiger partial charge on any atom is -0.384 e. The molecule has 0 aromatic carbocycles. The largest absolute Gasteiger partial charge is 0.384 e. The molecule has 0 fully saturated rings. The van der Waals surface area contributed by atoms with Gasteiger partial charge in [-0.2, -0.15) is 0 Å². The number of methoxy groups -OCH3 is 2. The zero-order valence-electron chi connectivity index (χ0n) is 7.39. The maximum atomic E-state index is 5.18. The van der Waals surface area contributed by atoms with Crippen LogP contribution in [0.1, 0.15) is 20.3 Å². The molecule has 0 aliphatic carbocycles. The first-order chi connectivity index (χ1) is 4.76. The Morgan fingerprint density at radius 3 is 2.20 bits per heavy atom. The average Bonchev–Trinajstić information content (AvgIpc) is 1.99. The fourth-order valence-electron chi connectivity index (χ4n) is 0.992. The first-order valence-electron chi connectivity index (χ1n) is 3.78. The van der Waals surface area contributed by atoms with Crippen molar-refractivity contribution in [3.05, 3.63) is 0 Å². The van der Waals surface area contributed by atoms with E-state index in [1.165, 1.54) is 0 Å². The van der Waals surface area contributed by atoms with Gasteiger partial charge in [0.05, 0.1) is 12.7 Å². The third kappa shape index (κ3) is 3.18. The van der Waals surface area contributed by atoms with Gasteiger partial charge in [-0.3, -0.25) is 0 Å². The molecule has 0 aromatic rings. The maximum absolute atomic E-state index is 5.18. The standard InChI is InChI=1S/C8H18O2/c1-5-8(6-9-3)7(2)10-4/h7-8H,5-6H2,1-4H3. The zero-order chi connectivity index (χ0) is 7.98. The molecule has 2 heteroatoms. The molecule has 0 spiro atoms. The first-order valence-corrected chi connectivity index (χ1v) is 3.78. The van der Waals surface area contributed by atoms with Crippen LogP contribution in [-0.2, 0) is 9.47 Å². The molecule has 0 aromatic heterocycles. The second kappa shape index (κ2) is 5.69. The van der Waals surface area contributed by atoms with Crippen LogP contribution >= 0.6 is 0 Å². The normalized spacial score (nSPS) is 16.8. The van der Waals surface area contributed by atoms with E-state index < -0.39 is 0 Å². The van der Waals surface area contributed by atoms with Gasteiger partial charge in [0.1, 0.15) is 0 Å². The highest BCUT2D eigenvalue weighted by atomic mass is 16.5. The van der Waals surface area contributed by atoms with E-state index in [4.69, 9.17) is 9.47 Å². The van der Waals surface area contributed by atoms with Gasteiger partial charge in [-0.15, -0.1) is 0 Å². The van der Waals surface area contributed by atoms with Gasteiger partial charge in [-0.1, -0.05) is 6.92 Å². The number of hydrogen-bond donors (Lipinski definition) is 0. The second-order valence-electron chi connectivity index (χ2n) is 2.56. The average molecular weight is 146 g/mol. The van der Waals surface area contributed by atoms with E-state index in [0.29, 0.717) is 12.0 Å². The molecule has 2 unspecified atom stereocenters. The van der Waals surface area contributed by atoms with E-state index in [9.17, 15) is 0 Å². The molecule has 0 amide bonds. The van der Waals surface area contributed by atoms with Crippen molar-refractivity contribution < 1.29 is 9.47 Å². The van der Waals surface area contributed by atoms with Crippen molar-refractivity contribution in [1.29, 1.82) is 0 Å². The van der Waals surface area contributed by atoms with Crippen molar-refractivity contribution in [3.63, 3.8) is 0 Å². The van der Waals surface area contributed by atoms with Gasteiger partial charge in [0, 0.05) is 20.1 Å². The van der Waals surface area contributed by atoms with Gasteiger partial charge in [0.15, 0.2) is 0 Å². The van der Waals surface area contributed by atoms with Gasteiger partial charge >= 0.3 is 0 Å². The van der Waals surface area contributed by atoms with Crippen LogP contribution in [0.2, 0.25) is 0 Å². The van der Waals surface area contributed by atoms with Crippen molar-refractivity contribution >= 4 is 0 Å². The molecule has 62 valence electrons. The minimum atomic E-state index is 0.310. The Morgan fingerprint density at radius 1 is 1.30 bits per heavy atom. The molecule has 0 N–H and O–H groups in total. The Balaban J connectivity index is 3.56. The summed E-state index contributed by atoms with van der Waals surface area (Å²) in [6.07, 6.45) is 1.42. The summed E-state index contributed by atoms with van der Waals surface area (Å²) in [6, 6.07) is 0. The van der Waals surface area contributed by atoms with Crippen LogP contribution in [0.15, 0.2) is 0 Å². The Morgan fingerprint density at radius 2 is 1.90 bits per heavy atom. The predicted molar refractivity (Wildman–Crippen MR) is 42.1 cm³/mol. The molecule has 0 saturated carbocycles. The summed E-state index contributed by atoms with van der Waals surface area (Å²) in [6.45, 7) is 5.03. The summed E-state index contributed by atoms with van der Waals surface area (Å²) in [5, 5.41) is 0. The van der Waals surface area contributed by atoms with Crippen LogP contribution in [0.4, 0.5) is 0 Å². The molecule has 2 atom stereocenters. The third-order valence-electron chi connectivity index (χ3n) is 1.94. The fourth-order valence-corrected chi connectivity index (χ4v) is 0.992. The van der Waals surface area contributed by atoms with Crippen LogP contribution in [0.25, 0.3) is 0 Å². The van der Waals surface area contributed by atoms with E-state index in [1.807, 2.05) is 0 Å². The molecule has 0 rings (SSSR count). The predicted octanol–water partition coefficient (Wildman–Crippen LogP) is 1.69. The maximum Gasteiger partial charge on any atom is 0.0593 e. The summed E-state index contributed by atoms with van der Waals surface area (Å²) >= 11 is 0. The van der Waals surface area contributed by atoms with E-state index in [-0.39, 0.29) is 0 Å². The van der Waals surface area contributed by atoms with E-state index >= 15 is 0 Å². The van der Waals surface area contributed by atoms with Crippen LogP contribution in [0.5, 0.6) is 0 Å². The van der Waals surface area contributed by atoms with Crippen LogP contribution in [-0.4, -0.2) is 26.9 Å². The quantitative estimate of drug-likeness (QED) is 0.587. The Labute approximate surface area is 63.5 Å². The highest BCUT2D eigenvalue weighted by molar-refractivity contribution is 4.62. The van der Waals surface area contributed by atoms with Crippen molar-refractivity contribution in [2.24, 2.45) is 5.92 Å². The minimum absolute atomic E-state index is 0.310. The molecular formula is C8H18O2. The Kier molecular flexibility index (Phi) is 5.64. The second-order valence-corrected chi connectivity index (χ2v) is 2.56. The summed E-state index contributed by atoms with van der Waals surface area (Å²) < 4.78 is 10.2. The van der Waals surface area contributed by atoms with E-state index in [2.05, 4.69) is 13.8 Å².